The molecule has 1 nitrogen and oxygen atoms in total. The minimum absolute atomic E-state index is 0.0415. The van der Waals surface area contributed by atoms with Gasteiger partial charge in [-0.1, -0.05) is 49.6 Å². The molecule has 0 saturated heterocycles. The summed E-state index contributed by atoms with van der Waals surface area (Å²) in [6, 6.07) is 10.1. The van der Waals surface area contributed by atoms with Crippen LogP contribution in [0.15, 0.2) is 30.3 Å². The molecule has 14 heavy (non-hydrogen) atoms. The van der Waals surface area contributed by atoms with Crippen LogP contribution < -0.4 is 0 Å². The van der Waals surface area contributed by atoms with E-state index in [1.807, 2.05) is 30.3 Å². The lowest BCUT2D eigenvalue weighted by molar-refractivity contribution is 0.0723. The molecule has 0 heterocycles. The van der Waals surface area contributed by atoms with Crippen molar-refractivity contribution in [2.24, 2.45) is 0 Å². The molecule has 0 fully saturated rings. The third-order valence-corrected chi connectivity index (χ3v) is 2.03. The van der Waals surface area contributed by atoms with Crippen molar-refractivity contribution in [2.75, 3.05) is 0 Å². The van der Waals surface area contributed by atoms with Crippen LogP contribution in [0.25, 0.3) is 0 Å². The van der Waals surface area contributed by atoms with Gasteiger partial charge in [-0.15, -0.1) is 6.42 Å². The van der Waals surface area contributed by atoms with Gasteiger partial charge in [-0.2, -0.15) is 0 Å². The maximum atomic E-state index is 5.58. The maximum Gasteiger partial charge on any atom is 0.118 e. The van der Waals surface area contributed by atoms with Crippen LogP contribution >= 0.6 is 0 Å². The summed E-state index contributed by atoms with van der Waals surface area (Å²) < 4.78 is 5.58. The van der Waals surface area contributed by atoms with E-state index < -0.39 is 0 Å². The fraction of sp³-hybridized carbons (Fsp3) is 0.385. The molecule has 0 bridgehead atoms. The molecule has 1 rings (SSSR count). The molecule has 1 aromatic rings. The Morgan fingerprint density at radius 3 is 2.64 bits per heavy atom. The third-order valence-electron chi connectivity index (χ3n) is 2.03. The third kappa shape index (κ3) is 3.64. The van der Waals surface area contributed by atoms with Crippen molar-refractivity contribution in [3.63, 3.8) is 0 Å². The van der Waals surface area contributed by atoms with Gasteiger partial charge in [-0.25, -0.2) is 0 Å². The van der Waals surface area contributed by atoms with Gasteiger partial charge in [0.25, 0.3) is 0 Å². The first-order chi connectivity index (χ1) is 6.86. The van der Waals surface area contributed by atoms with Crippen LogP contribution in [0.4, 0.5) is 0 Å². The second-order valence-corrected chi connectivity index (χ2v) is 3.24. The fourth-order valence-corrected chi connectivity index (χ4v) is 1.25. The summed E-state index contributed by atoms with van der Waals surface area (Å²) in [5.41, 5.74) is 1.17. The summed E-state index contributed by atoms with van der Waals surface area (Å²) in [5, 5.41) is 0. The van der Waals surface area contributed by atoms with Crippen molar-refractivity contribution in [1.29, 1.82) is 0 Å². The summed E-state index contributed by atoms with van der Waals surface area (Å²) in [6.07, 6.45) is 7.30. The molecule has 1 unspecified atom stereocenters. The first-order valence-electron chi connectivity index (χ1n) is 4.98. The van der Waals surface area contributed by atoms with Crippen molar-refractivity contribution in [3.8, 4) is 12.3 Å². The normalized spacial score (nSPS) is 12.0. The molecule has 0 N–H and O–H groups in total. The topological polar surface area (TPSA) is 9.23 Å². The predicted octanol–water partition coefficient (Wildman–Crippen LogP) is 3.01. The zero-order valence-corrected chi connectivity index (χ0v) is 8.57. The van der Waals surface area contributed by atoms with E-state index in [9.17, 15) is 0 Å². The summed E-state index contributed by atoms with van der Waals surface area (Å²) in [6.45, 7) is 2.71. The standard InChI is InChI=1S/C13H16O/c1-3-8-13(4-2)14-11-12-9-6-5-7-10-12/h2,5-7,9-10,13H,3,8,11H2,1H3. The zero-order valence-electron chi connectivity index (χ0n) is 8.57. The number of rotatable bonds is 5. The highest BCUT2D eigenvalue weighted by Crippen LogP contribution is 2.06. The number of terminal acetylenes is 1. The first kappa shape index (κ1) is 10.8. The van der Waals surface area contributed by atoms with Crippen LogP contribution in [0.1, 0.15) is 25.3 Å². The van der Waals surface area contributed by atoms with Crippen LogP contribution in [-0.2, 0) is 11.3 Å². The largest absolute Gasteiger partial charge is 0.361 e. The predicted molar refractivity (Wildman–Crippen MR) is 58.8 cm³/mol. The first-order valence-corrected chi connectivity index (χ1v) is 4.98. The Labute approximate surface area is 86.1 Å². The molecule has 0 radical (unpaired) electrons. The highest BCUT2D eigenvalue weighted by atomic mass is 16.5. The van der Waals surface area contributed by atoms with Crippen LogP contribution in [-0.4, -0.2) is 6.10 Å². The Bertz CT molecular complexity index is 284. The minimum atomic E-state index is -0.0415. The Balaban J connectivity index is 2.37. The average Bonchev–Trinajstić information content (AvgIpc) is 2.25. The van der Waals surface area contributed by atoms with Crippen molar-refractivity contribution < 1.29 is 4.74 Å². The Morgan fingerprint density at radius 2 is 2.07 bits per heavy atom. The van der Waals surface area contributed by atoms with E-state index in [1.54, 1.807) is 0 Å². The number of ether oxygens (including phenoxy) is 1. The lowest BCUT2D eigenvalue weighted by Crippen LogP contribution is -2.09. The number of benzene rings is 1. The summed E-state index contributed by atoms with van der Waals surface area (Å²) in [5.74, 6) is 2.65. The van der Waals surface area contributed by atoms with Crippen molar-refractivity contribution in [2.45, 2.75) is 32.5 Å². The van der Waals surface area contributed by atoms with Crippen LogP contribution in [0.5, 0.6) is 0 Å². The van der Waals surface area contributed by atoms with Gasteiger partial charge < -0.3 is 4.74 Å². The molecule has 1 heteroatoms. The Hall–Kier alpha value is -1.26. The van der Waals surface area contributed by atoms with Gasteiger partial charge >= 0.3 is 0 Å². The van der Waals surface area contributed by atoms with E-state index >= 15 is 0 Å². The van der Waals surface area contributed by atoms with E-state index in [4.69, 9.17) is 11.2 Å². The average molecular weight is 188 g/mol. The Kier molecular flexibility index (Phi) is 4.82. The SMILES string of the molecule is C#CC(CCC)OCc1ccccc1. The maximum absolute atomic E-state index is 5.58. The molecule has 0 amide bonds. The molecule has 0 spiro atoms. The summed E-state index contributed by atoms with van der Waals surface area (Å²) >= 11 is 0. The molecule has 74 valence electrons. The number of hydrogen-bond donors (Lipinski definition) is 0. The van der Waals surface area contributed by atoms with E-state index in [0.717, 1.165) is 12.8 Å². The minimum Gasteiger partial charge on any atom is -0.361 e. The highest BCUT2D eigenvalue weighted by Gasteiger charge is 2.03. The van der Waals surface area contributed by atoms with Gasteiger partial charge in [0.1, 0.15) is 6.10 Å². The lowest BCUT2D eigenvalue weighted by atomic mass is 10.2. The number of hydrogen-bond acceptors (Lipinski definition) is 1. The molecule has 1 atom stereocenters. The second kappa shape index (κ2) is 6.23. The van der Waals surface area contributed by atoms with Gasteiger partial charge in [-0.3, -0.25) is 0 Å². The molecular weight excluding hydrogens is 172 g/mol. The van der Waals surface area contributed by atoms with Crippen molar-refractivity contribution in [3.05, 3.63) is 35.9 Å². The smallest absolute Gasteiger partial charge is 0.118 e. The fourth-order valence-electron chi connectivity index (χ4n) is 1.25. The Morgan fingerprint density at radius 1 is 1.36 bits per heavy atom. The molecule has 0 saturated carbocycles. The van der Waals surface area contributed by atoms with Gasteiger partial charge in [0.05, 0.1) is 6.61 Å². The van der Waals surface area contributed by atoms with Crippen LogP contribution in [0.2, 0.25) is 0 Å². The van der Waals surface area contributed by atoms with Gasteiger partial charge in [0.2, 0.25) is 0 Å². The molecule has 0 aliphatic carbocycles. The zero-order chi connectivity index (χ0) is 10.2. The lowest BCUT2D eigenvalue weighted by Gasteiger charge is -2.10. The van der Waals surface area contributed by atoms with Crippen LogP contribution in [0.3, 0.4) is 0 Å². The van der Waals surface area contributed by atoms with E-state index in [2.05, 4.69) is 12.8 Å². The second-order valence-electron chi connectivity index (χ2n) is 3.24. The summed E-state index contributed by atoms with van der Waals surface area (Å²) in [7, 11) is 0. The monoisotopic (exact) mass is 188 g/mol. The van der Waals surface area contributed by atoms with Crippen molar-refractivity contribution >= 4 is 0 Å². The van der Waals surface area contributed by atoms with E-state index in [1.165, 1.54) is 5.56 Å². The van der Waals surface area contributed by atoms with Crippen LogP contribution in [0, 0.1) is 12.3 Å². The molecule has 0 aromatic heterocycles. The summed E-state index contributed by atoms with van der Waals surface area (Å²) in [4.78, 5) is 0. The molecule has 1 aromatic carbocycles. The molecular formula is C13H16O. The van der Waals surface area contributed by atoms with Gasteiger partial charge in [0.15, 0.2) is 0 Å². The van der Waals surface area contributed by atoms with E-state index in [0.29, 0.717) is 6.61 Å². The molecule has 0 aliphatic heterocycles. The van der Waals surface area contributed by atoms with Gasteiger partial charge in [0, 0.05) is 0 Å². The van der Waals surface area contributed by atoms with E-state index in [-0.39, 0.29) is 6.10 Å². The van der Waals surface area contributed by atoms with Crippen molar-refractivity contribution in [1.82, 2.24) is 0 Å². The molecule has 0 aliphatic rings. The quantitative estimate of drug-likeness (QED) is 0.645. The highest BCUT2D eigenvalue weighted by molar-refractivity contribution is 5.13. The van der Waals surface area contributed by atoms with Gasteiger partial charge in [-0.05, 0) is 12.0 Å².